The summed E-state index contributed by atoms with van der Waals surface area (Å²) in [7, 11) is 0. The van der Waals surface area contributed by atoms with E-state index >= 15 is 0 Å². The van der Waals surface area contributed by atoms with Gasteiger partial charge in [-0.15, -0.1) is 13.2 Å². The molecule has 1 atom stereocenters. The van der Waals surface area contributed by atoms with Crippen molar-refractivity contribution in [3.8, 4) is 0 Å². The van der Waals surface area contributed by atoms with E-state index in [9.17, 15) is 9.18 Å². The summed E-state index contributed by atoms with van der Waals surface area (Å²) in [6, 6.07) is 16.1. The summed E-state index contributed by atoms with van der Waals surface area (Å²) in [5, 5.41) is 5.91. The molecule has 0 aliphatic heterocycles. The first-order chi connectivity index (χ1) is 14.6. The van der Waals surface area contributed by atoms with Crippen LogP contribution in [-0.2, 0) is 11.2 Å². The standard InChI is InChI=1S/C17H25FN2O2.C7H8.C2H4/c1-6-19-12(2)15(20-16(21)22-17(3,4)5)11-13-7-9-14(18)10-8-13;1-7-5-3-2-4-6-7;1-2/h7-10,15,19H,2,6,11H2,1,3-5H3,(H,20,21);2-6H,1H3;1-2H2. The van der Waals surface area contributed by atoms with Gasteiger partial charge in [-0.1, -0.05) is 54.6 Å². The molecule has 0 saturated heterocycles. The monoisotopic (exact) mass is 428 g/mol. The zero-order valence-corrected chi connectivity index (χ0v) is 19.5. The maximum atomic E-state index is 13.0. The molecular formula is C26H37FN2O2. The van der Waals surface area contributed by atoms with Crippen LogP contribution < -0.4 is 10.6 Å². The molecule has 1 unspecified atom stereocenters. The lowest BCUT2D eigenvalue weighted by Crippen LogP contribution is -2.43. The molecule has 31 heavy (non-hydrogen) atoms. The number of carbonyl (C=O) groups is 1. The van der Waals surface area contributed by atoms with Crippen molar-refractivity contribution < 1.29 is 13.9 Å². The van der Waals surface area contributed by atoms with E-state index < -0.39 is 11.7 Å². The van der Waals surface area contributed by atoms with Crippen molar-refractivity contribution in [3.63, 3.8) is 0 Å². The zero-order valence-electron chi connectivity index (χ0n) is 19.5. The highest BCUT2D eigenvalue weighted by atomic mass is 19.1. The number of hydrogen-bond donors (Lipinski definition) is 2. The topological polar surface area (TPSA) is 50.4 Å². The van der Waals surface area contributed by atoms with Gasteiger partial charge in [-0.25, -0.2) is 9.18 Å². The minimum absolute atomic E-state index is 0.286. The van der Waals surface area contributed by atoms with Crippen LogP contribution in [0.4, 0.5) is 9.18 Å². The number of alkyl carbamates (subject to hydrolysis) is 1. The van der Waals surface area contributed by atoms with E-state index in [4.69, 9.17) is 4.74 Å². The summed E-state index contributed by atoms with van der Waals surface area (Å²) in [6.45, 7) is 20.1. The van der Waals surface area contributed by atoms with E-state index in [1.54, 1.807) is 32.9 Å². The van der Waals surface area contributed by atoms with Crippen LogP contribution in [0.2, 0.25) is 0 Å². The highest BCUT2D eigenvalue weighted by molar-refractivity contribution is 5.68. The summed E-state index contributed by atoms with van der Waals surface area (Å²) < 4.78 is 18.3. The van der Waals surface area contributed by atoms with E-state index in [0.717, 1.165) is 5.56 Å². The molecule has 0 fully saturated rings. The van der Waals surface area contributed by atoms with Crippen LogP contribution in [0, 0.1) is 12.7 Å². The van der Waals surface area contributed by atoms with Crippen LogP contribution in [0.25, 0.3) is 0 Å². The number of nitrogens with one attached hydrogen (secondary N) is 2. The van der Waals surface area contributed by atoms with Gasteiger partial charge in [0.15, 0.2) is 0 Å². The van der Waals surface area contributed by atoms with Crippen molar-refractivity contribution in [1.29, 1.82) is 0 Å². The normalized spacial score (nSPS) is 10.9. The second-order valence-corrected chi connectivity index (χ2v) is 7.74. The fraction of sp³-hybridized carbons (Fsp3) is 0.346. The number of aryl methyl sites for hydroxylation is 1. The maximum Gasteiger partial charge on any atom is 0.408 e. The molecule has 1 amide bonds. The van der Waals surface area contributed by atoms with Crippen LogP contribution >= 0.6 is 0 Å². The molecule has 170 valence electrons. The van der Waals surface area contributed by atoms with Crippen molar-refractivity contribution in [1.82, 2.24) is 10.6 Å². The largest absolute Gasteiger partial charge is 0.444 e. The van der Waals surface area contributed by atoms with Crippen molar-refractivity contribution in [3.05, 3.63) is 97.0 Å². The van der Waals surface area contributed by atoms with Gasteiger partial charge in [0, 0.05) is 12.2 Å². The van der Waals surface area contributed by atoms with E-state index in [1.165, 1.54) is 17.7 Å². The molecule has 0 aliphatic rings. The molecule has 0 saturated carbocycles. The molecule has 0 bridgehead atoms. The zero-order chi connectivity index (χ0) is 23.9. The van der Waals surface area contributed by atoms with E-state index in [1.807, 2.05) is 25.1 Å². The van der Waals surface area contributed by atoms with Crippen LogP contribution in [0.1, 0.15) is 38.8 Å². The predicted octanol–water partition coefficient (Wildman–Crippen LogP) is 6.18. The van der Waals surface area contributed by atoms with Gasteiger partial charge in [-0.3, -0.25) is 0 Å². The SMILES string of the molecule is C=C.C=C(NCC)C(Cc1ccc(F)cc1)NC(=O)OC(C)(C)C.Cc1ccccc1. The summed E-state index contributed by atoms with van der Waals surface area (Å²) >= 11 is 0. The Hall–Kier alpha value is -3.08. The van der Waals surface area contributed by atoms with Gasteiger partial charge >= 0.3 is 6.09 Å². The maximum absolute atomic E-state index is 13.0. The number of halogens is 1. The van der Waals surface area contributed by atoms with Crippen molar-refractivity contribution in [2.24, 2.45) is 0 Å². The van der Waals surface area contributed by atoms with Gasteiger partial charge in [-0.2, -0.15) is 0 Å². The Morgan fingerprint density at radius 1 is 1.06 bits per heavy atom. The lowest BCUT2D eigenvalue weighted by molar-refractivity contribution is 0.0510. The van der Waals surface area contributed by atoms with Gasteiger partial charge in [0.1, 0.15) is 11.4 Å². The van der Waals surface area contributed by atoms with Crippen molar-refractivity contribution >= 4 is 6.09 Å². The smallest absolute Gasteiger partial charge is 0.408 e. The first kappa shape index (κ1) is 27.9. The lowest BCUT2D eigenvalue weighted by atomic mass is 10.0. The van der Waals surface area contributed by atoms with Gasteiger partial charge in [0.05, 0.1) is 6.04 Å². The van der Waals surface area contributed by atoms with Gasteiger partial charge in [0.2, 0.25) is 0 Å². The molecule has 4 nitrogen and oxygen atoms in total. The molecule has 2 N–H and O–H groups in total. The van der Waals surface area contributed by atoms with Crippen LogP contribution in [0.15, 0.2) is 80.0 Å². The summed E-state index contributed by atoms with van der Waals surface area (Å²) in [5.41, 5.74) is 2.35. The van der Waals surface area contributed by atoms with E-state index in [0.29, 0.717) is 18.7 Å². The third-order valence-electron chi connectivity index (χ3n) is 3.81. The number of hydrogen-bond acceptors (Lipinski definition) is 3. The molecule has 2 rings (SSSR count). The molecule has 2 aromatic carbocycles. The molecule has 0 heterocycles. The predicted molar refractivity (Wildman–Crippen MR) is 129 cm³/mol. The van der Waals surface area contributed by atoms with Crippen LogP contribution in [0.3, 0.4) is 0 Å². The minimum Gasteiger partial charge on any atom is -0.444 e. The van der Waals surface area contributed by atoms with Crippen LogP contribution in [-0.4, -0.2) is 24.3 Å². The fourth-order valence-electron chi connectivity index (χ4n) is 2.45. The number of carbonyl (C=O) groups excluding carboxylic acids is 1. The van der Waals surface area contributed by atoms with Gasteiger partial charge < -0.3 is 15.4 Å². The fourth-order valence-corrected chi connectivity index (χ4v) is 2.45. The minimum atomic E-state index is -0.565. The Morgan fingerprint density at radius 3 is 2.03 bits per heavy atom. The average Bonchev–Trinajstić information content (AvgIpc) is 2.70. The van der Waals surface area contributed by atoms with E-state index in [-0.39, 0.29) is 11.9 Å². The van der Waals surface area contributed by atoms with E-state index in [2.05, 4.69) is 49.4 Å². The number of likely N-dealkylation sites (N-methyl/N-ethyl adjacent to an activating group) is 1. The molecule has 0 spiro atoms. The number of rotatable bonds is 6. The Bertz CT molecular complexity index is 768. The summed E-state index contributed by atoms with van der Waals surface area (Å²) in [6.07, 6.45) is 0.00408. The Morgan fingerprint density at radius 2 is 1.61 bits per heavy atom. The second kappa shape index (κ2) is 14.8. The van der Waals surface area contributed by atoms with Crippen molar-refractivity contribution in [2.75, 3.05) is 6.54 Å². The summed E-state index contributed by atoms with van der Waals surface area (Å²) in [5.74, 6) is -0.286. The molecule has 0 radical (unpaired) electrons. The average molecular weight is 429 g/mol. The summed E-state index contributed by atoms with van der Waals surface area (Å²) in [4.78, 5) is 12.0. The van der Waals surface area contributed by atoms with Gasteiger partial charge in [0.25, 0.3) is 0 Å². The Labute approximate surface area is 187 Å². The van der Waals surface area contributed by atoms with Crippen LogP contribution in [0.5, 0.6) is 0 Å². The Kier molecular flexibility index (Phi) is 13.4. The molecule has 0 aromatic heterocycles. The van der Waals surface area contributed by atoms with Gasteiger partial charge in [-0.05, 0) is 58.7 Å². The molecule has 5 heteroatoms. The second-order valence-electron chi connectivity index (χ2n) is 7.74. The molecule has 0 aliphatic carbocycles. The van der Waals surface area contributed by atoms with Crippen molar-refractivity contribution in [2.45, 2.75) is 52.7 Å². The highest BCUT2D eigenvalue weighted by Crippen LogP contribution is 2.11. The first-order valence-corrected chi connectivity index (χ1v) is 10.3. The molecular weight excluding hydrogens is 391 g/mol. The number of benzene rings is 2. The third-order valence-corrected chi connectivity index (χ3v) is 3.81. The third kappa shape index (κ3) is 13.7. The lowest BCUT2D eigenvalue weighted by Gasteiger charge is -2.25. The quantitative estimate of drug-likeness (QED) is 0.540. The number of ether oxygens (including phenoxy) is 1. The number of amides is 1. The Balaban J connectivity index is 0.000000831. The highest BCUT2D eigenvalue weighted by Gasteiger charge is 2.21. The first-order valence-electron chi connectivity index (χ1n) is 10.3. The molecule has 2 aromatic rings.